The second kappa shape index (κ2) is 5.08. The monoisotopic (exact) mass is 327 g/mol. The maximum Gasteiger partial charge on any atom is 0.139 e. The Kier molecular flexibility index (Phi) is 3.86. The molecule has 2 unspecified atom stereocenters. The molecule has 1 heterocycles. The average molecular weight is 329 g/mol. The summed E-state index contributed by atoms with van der Waals surface area (Å²) in [6.07, 6.45) is 0.820. The van der Waals surface area contributed by atoms with E-state index in [0.29, 0.717) is 11.1 Å². The molecule has 1 saturated heterocycles. The Morgan fingerprint density at radius 1 is 1.61 bits per heavy atom. The first-order valence-electron chi connectivity index (χ1n) is 5.80. The van der Waals surface area contributed by atoms with E-state index in [-0.39, 0.29) is 0 Å². The molecule has 18 heavy (non-hydrogen) atoms. The van der Waals surface area contributed by atoms with Gasteiger partial charge >= 0.3 is 0 Å². The van der Waals surface area contributed by atoms with E-state index < -0.39 is 5.54 Å². The van der Waals surface area contributed by atoms with Gasteiger partial charge in [-0.05, 0) is 48.1 Å². The van der Waals surface area contributed by atoms with E-state index in [4.69, 9.17) is 11.6 Å². The van der Waals surface area contributed by atoms with Crippen LogP contribution in [0.5, 0.6) is 0 Å². The van der Waals surface area contributed by atoms with Gasteiger partial charge in [0, 0.05) is 29.2 Å². The summed E-state index contributed by atoms with van der Waals surface area (Å²) in [5.74, 6) is 0. The van der Waals surface area contributed by atoms with Gasteiger partial charge in [-0.25, -0.2) is 0 Å². The van der Waals surface area contributed by atoms with Gasteiger partial charge in [-0.15, -0.1) is 0 Å². The number of benzene rings is 1. The molecule has 0 radical (unpaired) electrons. The zero-order valence-corrected chi connectivity index (χ0v) is 12.7. The first-order chi connectivity index (χ1) is 8.46. The van der Waals surface area contributed by atoms with Crippen LogP contribution in [0.2, 0.25) is 5.02 Å². The van der Waals surface area contributed by atoms with Crippen LogP contribution in [0.4, 0.5) is 5.69 Å². The van der Waals surface area contributed by atoms with Crippen LogP contribution in [0.25, 0.3) is 0 Å². The molecule has 0 spiro atoms. The van der Waals surface area contributed by atoms with Crippen molar-refractivity contribution in [2.45, 2.75) is 24.9 Å². The molecule has 1 aromatic rings. The zero-order chi connectivity index (χ0) is 13.3. The second-order valence-electron chi connectivity index (χ2n) is 4.92. The molecule has 0 amide bonds. The molecule has 1 aliphatic heterocycles. The van der Waals surface area contributed by atoms with Crippen molar-refractivity contribution in [1.29, 1.82) is 5.26 Å². The molecular weight excluding hydrogens is 314 g/mol. The predicted octanol–water partition coefficient (Wildman–Crippen LogP) is 3.50. The Morgan fingerprint density at radius 3 is 2.83 bits per heavy atom. The SMILES string of the molecule is CC1CC(C#N)(Nc2ccc(Cl)c(Br)c2)CN1C. The average Bonchev–Trinajstić information content (AvgIpc) is 2.60. The van der Waals surface area contributed by atoms with Gasteiger partial charge in [0.2, 0.25) is 0 Å². The third kappa shape index (κ3) is 2.64. The third-order valence-electron chi connectivity index (χ3n) is 3.43. The van der Waals surface area contributed by atoms with E-state index >= 15 is 0 Å². The summed E-state index contributed by atoms with van der Waals surface area (Å²) < 4.78 is 0.835. The van der Waals surface area contributed by atoms with Crippen LogP contribution in [0.3, 0.4) is 0 Å². The number of anilines is 1. The van der Waals surface area contributed by atoms with Crippen LogP contribution in [0, 0.1) is 11.3 Å². The summed E-state index contributed by atoms with van der Waals surface area (Å²) in [5, 5.41) is 13.5. The van der Waals surface area contributed by atoms with Crippen LogP contribution in [0.15, 0.2) is 22.7 Å². The topological polar surface area (TPSA) is 39.1 Å². The van der Waals surface area contributed by atoms with Crippen molar-refractivity contribution in [2.75, 3.05) is 18.9 Å². The minimum Gasteiger partial charge on any atom is -0.366 e. The fourth-order valence-corrected chi connectivity index (χ4v) is 2.85. The molecular formula is C13H15BrClN3. The second-order valence-corrected chi connectivity index (χ2v) is 6.18. The van der Waals surface area contributed by atoms with Gasteiger partial charge in [0.05, 0.1) is 11.1 Å². The molecule has 0 aliphatic carbocycles. The fraction of sp³-hybridized carbons (Fsp3) is 0.462. The Hall–Kier alpha value is -0.760. The molecule has 2 atom stereocenters. The number of nitriles is 1. The maximum atomic E-state index is 9.46. The number of nitrogens with one attached hydrogen (secondary N) is 1. The van der Waals surface area contributed by atoms with Crippen molar-refractivity contribution in [3.8, 4) is 6.07 Å². The maximum absolute atomic E-state index is 9.46. The predicted molar refractivity (Wildman–Crippen MR) is 77.8 cm³/mol. The van der Waals surface area contributed by atoms with Gasteiger partial charge < -0.3 is 10.2 Å². The van der Waals surface area contributed by atoms with Crippen molar-refractivity contribution >= 4 is 33.2 Å². The summed E-state index contributed by atoms with van der Waals surface area (Å²) in [5.41, 5.74) is 0.400. The van der Waals surface area contributed by atoms with Gasteiger partial charge in [0.25, 0.3) is 0 Å². The third-order valence-corrected chi connectivity index (χ3v) is 4.65. The molecule has 96 valence electrons. The van der Waals surface area contributed by atoms with E-state index in [9.17, 15) is 5.26 Å². The normalized spacial score (nSPS) is 28.1. The smallest absolute Gasteiger partial charge is 0.139 e. The van der Waals surface area contributed by atoms with Crippen molar-refractivity contribution in [3.05, 3.63) is 27.7 Å². The van der Waals surface area contributed by atoms with E-state index in [1.54, 1.807) is 0 Å². The largest absolute Gasteiger partial charge is 0.366 e. The molecule has 1 N–H and O–H groups in total. The fourth-order valence-electron chi connectivity index (χ4n) is 2.36. The molecule has 1 fully saturated rings. The lowest BCUT2D eigenvalue weighted by Gasteiger charge is -2.23. The lowest BCUT2D eigenvalue weighted by molar-refractivity contribution is 0.327. The zero-order valence-electron chi connectivity index (χ0n) is 10.4. The molecule has 3 nitrogen and oxygen atoms in total. The summed E-state index contributed by atoms with van der Waals surface area (Å²) in [6.45, 7) is 2.86. The molecule has 5 heteroatoms. The summed E-state index contributed by atoms with van der Waals surface area (Å²) >= 11 is 9.36. The first-order valence-corrected chi connectivity index (χ1v) is 6.97. The lowest BCUT2D eigenvalue weighted by atomic mass is 9.98. The Labute approximate surface area is 121 Å². The highest BCUT2D eigenvalue weighted by molar-refractivity contribution is 9.10. The van der Waals surface area contributed by atoms with Gasteiger partial charge in [-0.1, -0.05) is 11.6 Å². The highest BCUT2D eigenvalue weighted by Gasteiger charge is 2.41. The minimum atomic E-state index is -0.512. The molecule has 1 aromatic carbocycles. The standard InChI is InChI=1S/C13H15BrClN3/c1-9-6-13(7-16,8-18(9)2)17-10-3-4-12(15)11(14)5-10/h3-5,9,17H,6,8H2,1-2H3. The molecule has 1 aliphatic rings. The van der Waals surface area contributed by atoms with Crippen LogP contribution in [0.1, 0.15) is 13.3 Å². The van der Waals surface area contributed by atoms with Crippen LogP contribution < -0.4 is 5.32 Å². The number of nitrogens with zero attached hydrogens (tertiary/aromatic N) is 2. The molecule has 2 rings (SSSR count). The molecule has 0 bridgehead atoms. The number of hydrogen-bond acceptors (Lipinski definition) is 3. The van der Waals surface area contributed by atoms with Crippen LogP contribution >= 0.6 is 27.5 Å². The summed E-state index contributed by atoms with van der Waals surface area (Å²) in [7, 11) is 2.04. The number of rotatable bonds is 2. The summed E-state index contributed by atoms with van der Waals surface area (Å²) in [4.78, 5) is 2.20. The van der Waals surface area contributed by atoms with Crippen molar-refractivity contribution < 1.29 is 0 Å². The first kappa shape index (κ1) is 13.7. The Balaban J connectivity index is 2.22. The summed E-state index contributed by atoms with van der Waals surface area (Å²) in [6, 6.07) is 8.46. The number of likely N-dealkylation sites (tertiary alicyclic amines) is 1. The molecule has 0 saturated carbocycles. The van der Waals surface area contributed by atoms with Crippen LogP contribution in [-0.4, -0.2) is 30.1 Å². The molecule has 0 aromatic heterocycles. The highest BCUT2D eigenvalue weighted by Crippen LogP contribution is 2.31. The van der Waals surface area contributed by atoms with E-state index in [0.717, 1.165) is 23.1 Å². The van der Waals surface area contributed by atoms with Gasteiger partial charge in [0.1, 0.15) is 5.54 Å². The van der Waals surface area contributed by atoms with Crippen molar-refractivity contribution in [3.63, 3.8) is 0 Å². The Bertz CT molecular complexity index is 487. The minimum absolute atomic E-state index is 0.410. The highest BCUT2D eigenvalue weighted by atomic mass is 79.9. The van der Waals surface area contributed by atoms with Gasteiger partial charge in [-0.3, -0.25) is 0 Å². The van der Waals surface area contributed by atoms with E-state index in [1.807, 2.05) is 25.2 Å². The van der Waals surface area contributed by atoms with Crippen LogP contribution in [-0.2, 0) is 0 Å². The number of halogens is 2. The van der Waals surface area contributed by atoms with Crippen molar-refractivity contribution in [2.24, 2.45) is 0 Å². The number of likely N-dealkylation sites (N-methyl/N-ethyl adjacent to an activating group) is 1. The van der Waals surface area contributed by atoms with Crippen molar-refractivity contribution in [1.82, 2.24) is 4.90 Å². The van der Waals surface area contributed by atoms with Gasteiger partial charge in [0.15, 0.2) is 0 Å². The van der Waals surface area contributed by atoms with Gasteiger partial charge in [-0.2, -0.15) is 5.26 Å². The van der Waals surface area contributed by atoms with E-state index in [1.165, 1.54) is 0 Å². The quantitative estimate of drug-likeness (QED) is 0.903. The number of hydrogen-bond donors (Lipinski definition) is 1. The van der Waals surface area contributed by atoms with E-state index in [2.05, 4.69) is 39.1 Å². The lowest BCUT2D eigenvalue weighted by Crippen LogP contribution is -2.39. The Morgan fingerprint density at radius 2 is 2.33 bits per heavy atom.